The van der Waals surface area contributed by atoms with Gasteiger partial charge in [0.2, 0.25) is 13.1 Å². The fraction of sp³-hybridized carbons (Fsp3) is 0.750. The van der Waals surface area contributed by atoms with Crippen molar-refractivity contribution in [3.05, 3.63) is 0 Å². The van der Waals surface area contributed by atoms with E-state index >= 15 is 0 Å². The van der Waals surface area contributed by atoms with Crippen molar-refractivity contribution in [1.29, 1.82) is 0 Å². The molecule has 3 unspecified atom stereocenters. The van der Waals surface area contributed by atoms with Crippen LogP contribution in [0, 0.1) is 0 Å². The summed E-state index contributed by atoms with van der Waals surface area (Å²) in [6, 6.07) is 0. The van der Waals surface area contributed by atoms with Crippen LogP contribution in [0.25, 0.3) is 0 Å². The Labute approximate surface area is 85.6 Å². The van der Waals surface area contributed by atoms with Gasteiger partial charge in [0.15, 0.2) is 6.10 Å². The van der Waals surface area contributed by atoms with E-state index in [1.807, 2.05) is 0 Å². The molecule has 0 aliphatic carbocycles. The van der Waals surface area contributed by atoms with Crippen LogP contribution in [0.15, 0.2) is 0 Å². The van der Waals surface area contributed by atoms with E-state index in [9.17, 15) is 14.3 Å². The van der Waals surface area contributed by atoms with Gasteiger partial charge in [-0.3, -0.25) is 4.79 Å². The van der Waals surface area contributed by atoms with E-state index in [2.05, 4.69) is 4.74 Å². The van der Waals surface area contributed by atoms with Gasteiger partial charge in [-0.15, -0.1) is 0 Å². The van der Waals surface area contributed by atoms with E-state index in [4.69, 9.17) is 4.89 Å². The predicted octanol–water partition coefficient (Wildman–Crippen LogP) is -4.15. The van der Waals surface area contributed by atoms with E-state index < -0.39 is 19.2 Å². The molecular formula is C4H6NaO5P. The molecule has 1 heterocycles. The molecule has 1 saturated heterocycles. The first kappa shape index (κ1) is 11.8. The van der Waals surface area contributed by atoms with Crippen LogP contribution in [0.5, 0.6) is 0 Å². The van der Waals surface area contributed by atoms with Crippen molar-refractivity contribution in [2.24, 2.45) is 0 Å². The third kappa shape index (κ3) is 2.95. The largest absolute Gasteiger partial charge is 1.00 e. The van der Waals surface area contributed by atoms with Crippen LogP contribution in [0.2, 0.25) is 0 Å². The zero-order valence-electron chi connectivity index (χ0n) is 6.18. The first-order valence-corrected chi connectivity index (χ1v) is 4.24. The zero-order chi connectivity index (χ0) is 7.94. The Balaban J connectivity index is 0.000001000. The van der Waals surface area contributed by atoms with Crippen molar-refractivity contribution in [2.45, 2.75) is 19.1 Å². The number of ether oxygens (including phenoxy) is 1. The van der Waals surface area contributed by atoms with Gasteiger partial charge in [0.05, 0.1) is 6.10 Å². The number of epoxide rings is 1. The van der Waals surface area contributed by atoms with Gasteiger partial charge in [-0.05, 0) is 6.92 Å². The second-order valence-electron chi connectivity index (χ2n) is 2.12. The number of carbonyl (C=O) groups is 1. The molecule has 1 aliphatic heterocycles. The average Bonchev–Trinajstić information content (AvgIpc) is 2.42. The summed E-state index contributed by atoms with van der Waals surface area (Å²) >= 11 is 0. The normalized spacial score (nSPS) is 33.4. The molecule has 58 valence electrons. The van der Waals surface area contributed by atoms with Gasteiger partial charge in [-0.2, -0.15) is 0 Å². The molecule has 0 saturated carbocycles. The number of carbonyl (C=O) groups excluding carboxylic acids is 1. The first-order chi connectivity index (χ1) is 4.43. The second-order valence-corrected chi connectivity index (χ2v) is 3.60. The first-order valence-electron chi connectivity index (χ1n) is 2.66. The Kier molecular flexibility index (Phi) is 3.92. The van der Waals surface area contributed by atoms with Gasteiger partial charge in [0.25, 0.3) is 0 Å². The summed E-state index contributed by atoms with van der Waals surface area (Å²) in [5.74, 6) is 0. The summed E-state index contributed by atoms with van der Waals surface area (Å²) in [5.41, 5.74) is -1.22. The minimum Gasteiger partial charge on any atom is -0.773 e. The van der Waals surface area contributed by atoms with Gasteiger partial charge < -0.3 is 19.1 Å². The Morgan fingerprint density at radius 1 is 1.73 bits per heavy atom. The Morgan fingerprint density at radius 3 is 2.18 bits per heavy atom. The molecule has 0 aromatic heterocycles. The van der Waals surface area contributed by atoms with Gasteiger partial charge in [-0.25, -0.2) is 0 Å². The van der Waals surface area contributed by atoms with Gasteiger partial charge >= 0.3 is 29.6 Å². The molecule has 0 amide bonds. The third-order valence-electron chi connectivity index (χ3n) is 1.23. The standard InChI is InChI=1S/C4H7O5P.Na/c1-2-3(9-2)4(5)10(6,7)8;/h2-3H,1H3,(H2,6,7,8);/q;+1/p-1. The Morgan fingerprint density at radius 2 is 2.09 bits per heavy atom. The topological polar surface area (TPSA) is 90.0 Å². The molecule has 1 aliphatic rings. The quantitative estimate of drug-likeness (QED) is 0.270. The maximum atomic E-state index is 10.5. The molecule has 7 heteroatoms. The Hall–Kier alpha value is 0.780. The van der Waals surface area contributed by atoms with E-state index in [0.29, 0.717) is 0 Å². The van der Waals surface area contributed by atoms with Crippen molar-refractivity contribution < 1.29 is 53.4 Å². The molecule has 0 spiro atoms. The van der Waals surface area contributed by atoms with Crippen LogP contribution in [-0.2, 0) is 14.1 Å². The number of rotatable bonds is 2. The molecule has 0 aromatic carbocycles. The van der Waals surface area contributed by atoms with Gasteiger partial charge in [0.1, 0.15) is 0 Å². The second kappa shape index (κ2) is 3.66. The molecule has 0 bridgehead atoms. The Bertz CT molecular complexity index is 211. The molecule has 1 N–H and O–H groups in total. The fourth-order valence-corrected chi connectivity index (χ4v) is 1.20. The van der Waals surface area contributed by atoms with Crippen LogP contribution in [-0.4, -0.2) is 22.6 Å². The minimum atomic E-state index is -4.80. The summed E-state index contributed by atoms with van der Waals surface area (Å²) in [4.78, 5) is 28.8. The van der Waals surface area contributed by atoms with Crippen LogP contribution in [0.1, 0.15) is 6.92 Å². The molecule has 3 atom stereocenters. The minimum absolute atomic E-state index is 0. The maximum absolute atomic E-state index is 10.5. The monoisotopic (exact) mass is 188 g/mol. The van der Waals surface area contributed by atoms with E-state index in [-0.39, 0.29) is 35.7 Å². The summed E-state index contributed by atoms with van der Waals surface area (Å²) in [6.07, 6.45) is -1.31. The molecule has 5 nitrogen and oxygen atoms in total. The third-order valence-corrected chi connectivity index (χ3v) is 2.04. The SMILES string of the molecule is CC1OC1C(=O)P(=O)([O-])O.[Na+]. The average molecular weight is 188 g/mol. The summed E-state index contributed by atoms with van der Waals surface area (Å²) in [5, 5.41) is 0. The molecule has 1 rings (SSSR count). The van der Waals surface area contributed by atoms with Crippen LogP contribution < -0.4 is 34.5 Å². The van der Waals surface area contributed by atoms with E-state index in [0.717, 1.165) is 0 Å². The summed E-state index contributed by atoms with van der Waals surface area (Å²) < 4.78 is 14.6. The number of hydrogen-bond acceptors (Lipinski definition) is 4. The molecule has 0 aromatic rings. The van der Waals surface area contributed by atoms with Crippen LogP contribution in [0.3, 0.4) is 0 Å². The van der Waals surface area contributed by atoms with Crippen molar-refractivity contribution in [3.63, 3.8) is 0 Å². The van der Waals surface area contributed by atoms with Crippen molar-refractivity contribution in [1.82, 2.24) is 0 Å². The maximum Gasteiger partial charge on any atom is 1.00 e. The van der Waals surface area contributed by atoms with Crippen LogP contribution >= 0.6 is 7.60 Å². The predicted molar refractivity (Wildman–Crippen MR) is 29.2 cm³/mol. The zero-order valence-corrected chi connectivity index (χ0v) is 9.08. The number of hydrogen-bond donors (Lipinski definition) is 1. The molecule has 1 fully saturated rings. The summed E-state index contributed by atoms with van der Waals surface area (Å²) in [6.45, 7) is 1.55. The van der Waals surface area contributed by atoms with Gasteiger partial charge in [0, 0.05) is 0 Å². The van der Waals surface area contributed by atoms with E-state index in [1.54, 1.807) is 6.92 Å². The van der Waals surface area contributed by atoms with Crippen molar-refractivity contribution in [2.75, 3.05) is 0 Å². The van der Waals surface area contributed by atoms with Crippen LogP contribution in [0.4, 0.5) is 0 Å². The fourth-order valence-electron chi connectivity index (χ4n) is 0.606. The smallest absolute Gasteiger partial charge is 0.773 e. The van der Waals surface area contributed by atoms with Gasteiger partial charge in [-0.1, -0.05) is 0 Å². The summed E-state index contributed by atoms with van der Waals surface area (Å²) in [7, 11) is -4.80. The molecular weight excluding hydrogens is 182 g/mol. The van der Waals surface area contributed by atoms with Crippen molar-refractivity contribution in [3.8, 4) is 0 Å². The molecule has 11 heavy (non-hydrogen) atoms. The van der Waals surface area contributed by atoms with Crippen molar-refractivity contribution >= 4 is 13.1 Å². The van der Waals surface area contributed by atoms with E-state index in [1.165, 1.54) is 0 Å². The molecule has 0 radical (unpaired) electrons.